The summed E-state index contributed by atoms with van der Waals surface area (Å²) in [6, 6.07) is 21.2. The van der Waals surface area contributed by atoms with Crippen LogP contribution in [0.25, 0.3) is 10.8 Å². The first-order valence-electron chi connectivity index (χ1n) is 8.89. The summed E-state index contributed by atoms with van der Waals surface area (Å²) >= 11 is 0. The van der Waals surface area contributed by atoms with Gasteiger partial charge in [0.1, 0.15) is 11.5 Å². The van der Waals surface area contributed by atoms with E-state index in [0.717, 1.165) is 16.5 Å². The zero-order valence-electron chi connectivity index (χ0n) is 15.1. The van der Waals surface area contributed by atoms with Gasteiger partial charge in [0.25, 0.3) is 5.91 Å². The second-order valence-corrected chi connectivity index (χ2v) is 5.94. The molecular weight excluding hydrogens is 326 g/mol. The van der Waals surface area contributed by atoms with E-state index in [1.54, 1.807) is 0 Å². The highest BCUT2D eigenvalue weighted by atomic mass is 16.5. The zero-order valence-corrected chi connectivity index (χ0v) is 15.1. The number of hydrogen-bond acceptors (Lipinski definition) is 3. The number of hydrogen-bond donors (Lipinski definition) is 1. The maximum Gasteiger partial charge on any atom is 0.265 e. The summed E-state index contributed by atoms with van der Waals surface area (Å²) in [5, 5.41) is 5.00. The number of rotatable bonds is 7. The lowest BCUT2D eigenvalue weighted by Gasteiger charge is -2.19. The van der Waals surface area contributed by atoms with Crippen molar-refractivity contribution in [2.75, 3.05) is 11.9 Å². The predicted molar refractivity (Wildman–Crippen MR) is 105 cm³/mol. The summed E-state index contributed by atoms with van der Waals surface area (Å²) in [5.74, 6) is 1.27. The third-order valence-electron chi connectivity index (χ3n) is 4.09. The van der Waals surface area contributed by atoms with E-state index in [9.17, 15) is 4.79 Å². The van der Waals surface area contributed by atoms with E-state index in [-0.39, 0.29) is 5.91 Å². The number of fused-ring (bicyclic) bond motifs is 1. The maximum absolute atomic E-state index is 12.7. The van der Waals surface area contributed by atoms with Crippen molar-refractivity contribution in [2.45, 2.75) is 26.4 Å². The second kappa shape index (κ2) is 8.39. The first-order valence-corrected chi connectivity index (χ1v) is 8.89. The first-order chi connectivity index (χ1) is 12.7. The quantitative estimate of drug-likeness (QED) is 0.650. The third kappa shape index (κ3) is 4.14. The van der Waals surface area contributed by atoms with Gasteiger partial charge in [-0.3, -0.25) is 4.79 Å². The van der Waals surface area contributed by atoms with Gasteiger partial charge in [0.2, 0.25) is 0 Å². The molecule has 0 saturated heterocycles. The lowest BCUT2D eigenvalue weighted by Crippen LogP contribution is -2.32. The molecule has 3 aromatic rings. The minimum absolute atomic E-state index is 0.172. The highest BCUT2D eigenvalue weighted by molar-refractivity contribution is 5.95. The fourth-order valence-electron chi connectivity index (χ4n) is 2.83. The van der Waals surface area contributed by atoms with E-state index in [1.165, 1.54) is 0 Å². The largest absolute Gasteiger partial charge is 0.494 e. The van der Waals surface area contributed by atoms with Crippen molar-refractivity contribution in [3.63, 3.8) is 0 Å². The van der Waals surface area contributed by atoms with Crippen LogP contribution < -0.4 is 14.8 Å². The van der Waals surface area contributed by atoms with E-state index in [0.29, 0.717) is 24.5 Å². The van der Waals surface area contributed by atoms with Gasteiger partial charge in [-0.1, -0.05) is 49.4 Å². The molecule has 0 heterocycles. The molecule has 4 heteroatoms. The van der Waals surface area contributed by atoms with E-state index >= 15 is 0 Å². The van der Waals surface area contributed by atoms with Crippen molar-refractivity contribution in [3.05, 3.63) is 66.7 Å². The highest BCUT2D eigenvalue weighted by Crippen LogP contribution is 2.27. The Morgan fingerprint density at radius 3 is 2.58 bits per heavy atom. The number of carbonyl (C=O) groups excluding carboxylic acids is 1. The molecule has 0 aliphatic rings. The van der Waals surface area contributed by atoms with Crippen molar-refractivity contribution in [1.29, 1.82) is 0 Å². The van der Waals surface area contributed by atoms with E-state index in [2.05, 4.69) is 5.32 Å². The fraction of sp³-hybridized carbons (Fsp3) is 0.227. The van der Waals surface area contributed by atoms with Gasteiger partial charge in [-0.05, 0) is 36.9 Å². The minimum atomic E-state index is -0.573. The molecule has 0 aromatic heterocycles. The Morgan fingerprint density at radius 1 is 1.00 bits per heavy atom. The molecule has 26 heavy (non-hydrogen) atoms. The molecule has 0 aliphatic carbocycles. The Kier molecular flexibility index (Phi) is 5.74. The summed E-state index contributed by atoms with van der Waals surface area (Å²) in [6.45, 7) is 4.45. The van der Waals surface area contributed by atoms with Gasteiger partial charge in [-0.2, -0.15) is 0 Å². The van der Waals surface area contributed by atoms with Crippen LogP contribution in [0.2, 0.25) is 0 Å². The molecule has 1 atom stereocenters. The van der Waals surface area contributed by atoms with Crippen LogP contribution in [0.5, 0.6) is 11.5 Å². The molecule has 3 aromatic carbocycles. The molecule has 4 nitrogen and oxygen atoms in total. The lowest BCUT2D eigenvalue weighted by molar-refractivity contribution is -0.122. The summed E-state index contributed by atoms with van der Waals surface area (Å²) < 4.78 is 11.5. The highest BCUT2D eigenvalue weighted by Gasteiger charge is 2.19. The van der Waals surface area contributed by atoms with Crippen LogP contribution in [-0.4, -0.2) is 18.6 Å². The number of ether oxygens (including phenoxy) is 2. The van der Waals surface area contributed by atoms with Crippen LogP contribution in [0.15, 0.2) is 66.7 Å². The van der Waals surface area contributed by atoms with Crippen molar-refractivity contribution in [2.24, 2.45) is 0 Å². The molecule has 1 amide bonds. The topological polar surface area (TPSA) is 47.6 Å². The molecular formula is C22H23NO3. The van der Waals surface area contributed by atoms with Gasteiger partial charge >= 0.3 is 0 Å². The van der Waals surface area contributed by atoms with Crippen LogP contribution in [0.1, 0.15) is 20.3 Å². The molecule has 3 rings (SSSR count). The van der Waals surface area contributed by atoms with Crippen LogP contribution >= 0.6 is 0 Å². The van der Waals surface area contributed by atoms with E-state index in [1.807, 2.05) is 80.6 Å². The average molecular weight is 349 g/mol. The van der Waals surface area contributed by atoms with E-state index < -0.39 is 6.10 Å². The SMILES string of the molecule is CCOc1cccc(NC(=O)[C@@H](CC)Oc2cccc3ccccc23)c1. The molecule has 0 unspecified atom stereocenters. The number of nitrogens with one attached hydrogen (secondary N) is 1. The van der Waals surface area contributed by atoms with Gasteiger partial charge in [-0.25, -0.2) is 0 Å². The van der Waals surface area contributed by atoms with Gasteiger partial charge < -0.3 is 14.8 Å². The Hall–Kier alpha value is -3.01. The normalized spacial score (nSPS) is 11.8. The fourth-order valence-corrected chi connectivity index (χ4v) is 2.83. The van der Waals surface area contributed by atoms with Gasteiger partial charge in [0, 0.05) is 17.1 Å². The number of anilines is 1. The lowest BCUT2D eigenvalue weighted by atomic mass is 10.1. The van der Waals surface area contributed by atoms with Gasteiger partial charge in [0.15, 0.2) is 6.10 Å². The van der Waals surface area contributed by atoms with Crippen LogP contribution in [0, 0.1) is 0 Å². The minimum Gasteiger partial charge on any atom is -0.494 e. The molecule has 0 aliphatic heterocycles. The molecule has 0 bridgehead atoms. The maximum atomic E-state index is 12.7. The van der Waals surface area contributed by atoms with Crippen LogP contribution in [-0.2, 0) is 4.79 Å². The Labute approximate surface area is 153 Å². The summed E-state index contributed by atoms with van der Waals surface area (Å²) in [7, 11) is 0. The third-order valence-corrected chi connectivity index (χ3v) is 4.09. The van der Waals surface area contributed by atoms with Crippen molar-refractivity contribution < 1.29 is 14.3 Å². The average Bonchev–Trinajstić information content (AvgIpc) is 2.66. The van der Waals surface area contributed by atoms with Gasteiger partial charge in [-0.15, -0.1) is 0 Å². The monoisotopic (exact) mass is 349 g/mol. The smallest absolute Gasteiger partial charge is 0.265 e. The molecule has 134 valence electrons. The van der Waals surface area contributed by atoms with Crippen molar-refractivity contribution in [3.8, 4) is 11.5 Å². The van der Waals surface area contributed by atoms with Crippen molar-refractivity contribution in [1.82, 2.24) is 0 Å². The Balaban J connectivity index is 1.76. The molecule has 0 saturated carbocycles. The van der Waals surface area contributed by atoms with Crippen LogP contribution in [0.4, 0.5) is 5.69 Å². The van der Waals surface area contributed by atoms with Crippen LogP contribution in [0.3, 0.4) is 0 Å². The van der Waals surface area contributed by atoms with Crippen molar-refractivity contribution >= 4 is 22.4 Å². The Morgan fingerprint density at radius 2 is 1.77 bits per heavy atom. The number of amides is 1. The Bertz CT molecular complexity index is 886. The van der Waals surface area contributed by atoms with Gasteiger partial charge in [0.05, 0.1) is 6.61 Å². The summed E-state index contributed by atoms with van der Waals surface area (Å²) in [6.07, 6.45) is -0.00299. The first kappa shape index (κ1) is 17.8. The standard InChI is InChI=1S/C22H23NO3/c1-3-20(22(24)23-17-11-8-12-18(15-17)25-4-2)26-21-14-7-10-16-9-5-6-13-19(16)21/h5-15,20H,3-4H2,1-2H3,(H,23,24)/t20-/m1/s1. The molecule has 0 radical (unpaired) electrons. The molecule has 1 N–H and O–H groups in total. The summed E-state index contributed by atoms with van der Waals surface area (Å²) in [5.41, 5.74) is 0.695. The molecule has 0 fully saturated rings. The number of benzene rings is 3. The zero-order chi connectivity index (χ0) is 18.4. The van der Waals surface area contributed by atoms with E-state index in [4.69, 9.17) is 9.47 Å². The molecule has 0 spiro atoms. The summed E-state index contributed by atoms with van der Waals surface area (Å²) in [4.78, 5) is 12.7. The second-order valence-electron chi connectivity index (χ2n) is 5.94. The number of carbonyl (C=O) groups is 1. The predicted octanol–water partition coefficient (Wildman–Crippen LogP) is 5.03.